The quantitative estimate of drug-likeness (QED) is 0.642. The molecule has 1 aromatic carbocycles. The molecule has 0 unspecified atom stereocenters. The number of hydrogen-bond donors (Lipinski definition) is 0. The molecule has 0 saturated heterocycles. The van der Waals surface area contributed by atoms with Crippen LogP contribution in [0.25, 0.3) is 20.7 Å². The number of nitrogens with zero attached hydrogens (tertiary/aromatic N) is 2. The molecule has 4 nitrogen and oxygen atoms in total. The van der Waals surface area contributed by atoms with E-state index in [9.17, 15) is 0 Å². The minimum atomic E-state index is 0.490. The fourth-order valence-corrected chi connectivity index (χ4v) is 3.41. The van der Waals surface area contributed by atoms with Gasteiger partial charge in [-0.2, -0.15) is 0 Å². The van der Waals surface area contributed by atoms with Crippen LogP contribution in [0.15, 0.2) is 30.6 Å². The summed E-state index contributed by atoms with van der Waals surface area (Å²) < 4.78 is 12.0. The molecule has 0 aliphatic carbocycles. The zero-order chi connectivity index (χ0) is 13.5. The van der Waals surface area contributed by atoms with Crippen molar-refractivity contribution in [3.63, 3.8) is 0 Å². The highest BCUT2D eigenvalue weighted by Crippen LogP contribution is 2.39. The normalized spacial score (nSPS) is 13.7. The minimum absolute atomic E-state index is 0.490. The highest BCUT2D eigenvalue weighted by Gasteiger charge is 2.14. The van der Waals surface area contributed by atoms with Crippen molar-refractivity contribution in [1.82, 2.24) is 9.97 Å². The van der Waals surface area contributed by atoms with Crippen molar-refractivity contribution in [3.05, 3.63) is 35.7 Å². The topological polar surface area (TPSA) is 44.2 Å². The Morgan fingerprint density at radius 1 is 1.05 bits per heavy atom. The smallest absolute Gasteiger partial charge is 0.162 e. The average Bonchev–Trinajstić information content (AvgIpc) is 2.92. The van der Waals surface area contributed by atoms with E-state index in [1.54, 1.807) is 11.3 Å². The van der Waals surface area contributed by atoms with E-state index in [1.807, 2.05) is 24.3 Å². The van der Waals surface area contributed by atoms with E-state index in [0.717, 1.165) is 32.2 Å². The number of rotatable bonds is 1. The summed E-state index contributed by atoms with van der Waals surface area (Å²) in [6.45, 7) is 1.18. The molecule has 0 amide bonds. The van der Waals surface area contributed by atoms with Crippen molar-refractivity contribution in [2.75, 3.05) is 13.2 Å². The first kappa shape index (κ1) is 11.9. The lowest BCUT2D eigenvalue weighted by atomic mass is 10.1. The molecular formula is C14H9ClN2O2S. The summed E-state index contributed by atoms with van der Waals surface area (Å²) in [6, 6.07) is 7.95. The fraction of sp³-hybridized carbons (Fsp3) is 0.143. The first-order chi connectivity index (χ1) is 9.81. The van der Waals surface area contributed by atoms with Crippen LogP contribution >= 0.6 is 22.9 Å². The van der Waals surface area contributed by atoms with Gasteiger partial charge in [-0.25, -0.2) is 9.97 Å². The van der Waals surface area contributed by atoms with Crippen molar-refractivity contribution in [2.24, 2.45) is 0 Å². The summed E-state index contributed by atoms with van der Waals surface area (Å²) in [5.74, 6) is 1.57. The number of ether oxygens (including phenoxy) is 2. The van der Waals surface area contributed by atoms with E-state index >= 15 is 0 Å². The van der Waals surface area contributed by atoms with Gasteiger partial charge in [-0.05, 0) is 29.8 Å². The summed E-state index contributed by atoms with van der Waals surface area (Å²) in [5, 5.41) is 0.490. The predicted molar refractivity (Wildman–Crippen MR) is 78.9 cm³/mol. The number of thiophene rings is 1. The molecular weight excluding hydrogens is 296 g/mol. The van der Waals surface area contributed by atoms with Gasteiger partial charge in [-0.15, -0.1) is 11.3 Å². The van der Waals surface area contributed by atoms with E-state index in [1.165, 1.54) is 6.33 Å². The maximum Gasteiger partial charge on any atom is 0.162 e. The molecule has 0 bridgehead atoms. The number of fused-ring (bicyclic) bond motifs is 2. The Kier molecular flexibility index (Phi) is 2.75. The standard InChI is InChI=1S/C14H9ClN2O2S/c15-14-13-9(16-7-17-14)6-12(20-13)8-1-2-10-11(5-8)19-4-3-18-10/h1-2,5-7H,3-4H2. The highest BCUT2D eigenvalue weighted by atomic mass is 35.5. The van der Waals surface area contributed by atoms with Gasteiger partial charge >= 0.3 is 0 Å². The molecule has 0 atom stereocenters. The SMILES string of the molecule is Clc1ncnc2cc(-c3ccc4c(c3)OCCO4)sc12. The van der Waals surface area contributed by atoms with E-state index in [-0.39, 0.29) is 0 Å². The van der Waals surface area contributed by atoms with Gasteiger partial charge in [-0.1, -0.05) is 11.6 Å². The van der Waals surface area contributed by atoms with Gasteiger partial charge < -0.3 is 9.47 Å². The lowest BCUT2D eigenvalue weighted by Gasteiger charge is -2.18. The van der Waals surface area contributed by atoms with E-state index < -0.39 is 0 Å². The van der Waals surface area contributed by atoms with Crippen LogP contribution < -0.4 is 9.47 Å². The van der Waals surface area contributed by atoms with Crippen molar-refractivity contribution in [2.45, 2.75) is 0 Å². The Hall–Kier alpha value is -1.85. The third kappa shape index (κ3) is 1.90. The maximum atomic E-state index is 6.09. The van der Waals surface area contributed by atoms with Gasteiger partial charge in [0.05, 0.1) is 10.2 Å². The molecule has 6 heteroatoms. The lowest BCUT2D eigenvalue weighted by Crippen LogP contribution is -2.15. The zero-order valence-electron chi connectivity index (χ0n) is 10.3. The molecule has 1 aliphatic rings. The molecule has 0 fully saturated rings. The van der Waals surface area contributed by atoms with Crippen LogP contribution in [-0.2, 0) is 0 Å². The second-order valence-corrected chi connectivity index (χ2v) is 5.76. The fourth-order valence-electron chi connectivity index (χ4n) is 2.16. The third-order valence-corrected chi connectivity index (χ3v) is 4.67. The Bertz CT molecular complexity index is 803. The predicted octanol–water partition coefficient (Wildman–Crippen LogP) is 3.78. The average molecular weight is 305 g/mol. The van der Waals surface area contributed by atoms with Gasteiger partial charge in [-0.3, -0.25) is 0 Å². The summed E-state index contributed by atoms with van der Waals surface area (Å²) in [5.41, 5.74) is 1.92. The van der Waals surface area contributed by atoms with Crippen molar-refractivity contribution < 1.29 is 9.47 Å². The summed E-state index contributed by atoms with van der Waals surface area (Å²) in [4.78, 5) is 9.32. The number of benzene rings is 1. The van der Waals surface area contributed by atoms with Crippen LogP contribution in [0.3, 0.4) is 0 Å². The second kappa shape index (κ2) is 4.61. The van der Waals surface area contributed by atoms with Crippen LogP contribution in [0.1, 0.15) is 0 Å². The van der Waals surface area contributed by atoms with Gasteiger partial charge in [0.2, 0.25) is 0 Å². The van der Waals surface area contributed by atoms with Gasteiger partial charge in [0, 0.05) is 4.88 Å². The first-order valence-electron chi connectivity index (χ1n) is 6.11. The number of aromatic nitrogens is 2. The molecule has 0 saturated carbocycles. The summed E-state index contributed by atoms with van der Waals surface area (Å²) in [7, 11) is 0. The summed E-state index contributed by atoms with van der Waals surface area (Å²) in [6.07, 6.45) is 1.48. The Labute approximate surface area is 124 Å². The Balaban J connectivity index is 1.84. The van der Waals surface area contributed by atoms with Crippen LogP contribution in [-0.4, -0.2) is 23.2 Å². The largest absolute Gasteiger partial charge is 0.486 e. The molecule has 100 valence electrons. The van der Waals surface area contributed by atoms with Gasteiger partial charge in [0.25, 0.3) is 0 Å². The first-order valence-corrected chi connectivity index (χ1v) is 7.31. The molecule has 0 radical (unpaired) electrons. The van der Waals surface area contributed by atoms with Crippen LogP contribution in [0.4, 0.5) is 0 Å². The van der Waals surface area contributed by atoms with Gasteiger partial charge in [0.15, 0.2) is 11.5 Å². The monoisotopic (exact) mass is 304 g/mol. The van der Waals surface area contributed by atoms with Crippen LogP contribution in [0.2, 0.25) is 5.15 Å². The van der Waals surface area contributed by atoms with Crippen molar-refractivity contribution in [1.29, 1.82) is 0 Å². The third-order valence-electron chi connectivity index (χ3n) is 3.09. The lowest BCUT2D eigenvalue weighted by molar-refractivity contribution is 0.171. The molecule has 4 rings (SSSR count). The van der Waals surface area contributed by atoms with Gasteiger partial charge in [0.1, 0.15) is 24.7 Å². The van der Waals surface area contributed by atoms with E-state index in [0.29, 0.717) is 18.4 Å². The van der Waals surface area contributed by atoms with Crippen LogP contribution in [0, 0.1) is 0 Å². The number of halogens is 1. The zero-order valence-corrected chi connectivity index (χ0v) is 11.9. The minimum Gasteiger partial charge on any atom is -0.486 e. The molecule has 1 aliphatic heterocycles. The number of hydrogen-bond acceptors (Lipinski definition) is 5. The van der Waals surface area contributed by atoms with E-state index in [4.69, 9.17) is 21.1 Å². The summed E-state index contributed by atoms with van der Waals surface area (Å²) >= 11 is 7.66. The molecule has 3 heterocycles. The van der Waals surface area contributed by atoms with Crippen LogP contribution in [0.5, 0.6) is 11.5 Å². The van der Waals surface area contributed by atoms with E-state index in [2.05, 4.69) is 9.97 Å². The molecule has 3 aromatic rings. The van der Waals surface area contributed by atoms with Crippen molar-refractivity contribution >= 4 is 33.2 Å². The Morgan fingerprint density at radius 3 is 2.75 bits per heavy atom. The molecule has 20 heavy (non-hydrogen) atoms. The molecule has 2 aromatic heterocycles. The highest BCUT2D eigenvalue weighted by molar-refractivity contribution is 7.22. The van der Waals surface area contributed by atoms with Crippen molar-refractivity contribution in [3.8, 4) is 21.9 Å². The molecule has 0 N–H and O–H groups in total. The second-order valence-electron chi connectivity index (χ2n) is 4.35. The molecule has 0 spiro atoms. The maximum absolute atomic E-state index is 6.09. The Morgan fingerprint density at radius 2 is 1.90 bits per heavy atom.